The van der Waals surface area contributed by atoms with E-state index in [2.05, 4.69) is 24.8 Å². The molecule has 39 heavy (non-hydrogen) atoms. The first kappa shape index (κ1) is 25.6. The standard InChI is InChI=1S/C30H31F3N2O4/c1-28(2)18-29(23-11-9-20(16-25(23)39-28)37-15-14-34-13-5-8-27(34)36)19-35(24-7-4-3-6-22(24)29)17-21-10-12-26(38-21)30(31,32)33/h3-4,6-7,9-12,16H,5,8,13-15,17-19H2,1-2H3. The number of fused-ring (bicyclic) bond motifs is 4. The van der Waals surface area contributed by atoms with Crippen molar-refractivity contribution in [2.75, 3.05) is 31.1 Å². The first-order chi connectivity index (χ1) is 18.5. The number of rotatable bonds is 6. The normalized spacial score (nSPS) is 21.7. The van der Waals surface area contributed by atoms with Gasteiger partial charge in [-0.15, -0.1) is 0 Å². The van der Waals surface area contributed by atoms with E-state index >= 15 is 0 Å². The summed E-state index contributed by atoms with van der Waals surface area (Å²) in [5.74, 6) is 0.853. The second-order valence-electron chi connectivity index (χ2n) is 11.2. The molecule has 6 nitrogen and oxygen atoms in total. The fourth-order valence-corrected chi connectivity index (χ4v) is 6.42. The summed E-state index contributed by atoms with van der Waals surface area (Å²) in [6, 6.07) is 16.3. The number of para-hydroxylation sites is 1. The summed E-state index contributed by atoms with van der Waals surface area (Å²) in [6.45, 7) is 6.64. The van der Waals surface area contributed by atoms with Gasteiger partial charge in [-0.25, -0.2) is 0 Å². The summed E-state index contributed by atoms with van der Waals surface area (Å²) in [4.78, 5) is 15.8. The second-order valence-corrected chi connectivity index (χ2v) is 11.2. The molecule has 3 aliphatic rings. The summed E-state index contributed by atoms with van der Waals surface area (Å²) < 4.78 is 57.1. The molecule has 0 bridgehead atoms. The van der Waals surface area contributed by atoms with E-state index in [4.69, 9.17) is 13.9 Å². The van der Waals surface area contributed by atoms with Crippen LogP contribution in [0.15, 0.2) is 59.0 Å². The van der Waals surface area contributed by atoms with Crippen LogP contribution in [0.2, 0.25) is 0 Å². The Morgan fingerprint density at radius 3 is 2.59 bits per heavy atom. The minimum atomic E-state index is -4.52. The Balaban J connectivity index is 1.29. The molecule has 1 saturated heterocycles. The van der Waals surface area contributed by atoms with Gasteiger partial charge in [0, 0.05) is 48.7 Å². The maximum atomic E-state index is 13.1. The zero-order valence-electron chi connectivity index (χ0n) is 22.0. The van der Waals surface area contributed by atoms with Crippen LogP contribution in [0.5, 0.6) is 11.5 Å². The Morgan fingerprint density at radius 1 is 1.03 bits per heavy atom. The van der Waals surface area contributed by atoms with Gasteiger partial charge in [-0.2, -0.15) is 13.2 Å². The summed E-state index contributed by atoms with van der Waals surface area (Å²) in [7, 11) is 0. The molecule has 0 radical (unpaired) electrons. The molecule has 3 aromatic rings. The number of anilines is 1. The fourth-order valence-electron chi connectivity index (χ4n) is 6.42. The monoisotopic (exact) mass is 540 g/mol. The molecule has 1 fully saturated rings. The zero-order chi connectivity index (χ0) is 27.4. The lowest BCUT2D eigenvalue weighted by Gasteiger charge is -2.44. The van der Waals surface area contributed by atoms with Gasteiger partial charge in [-0.1, -0.05) is 24.3 Å². The molecule has 0 N–H and O–H groups in total. The van der Waals surface area contributed by atoms with Gasteiger partial charge in [0.2, 0.25) is 11.7 Å². The third-order valence-electron chi connectivity index (χ3n) is 7.89. The van der Waals surface area contributed by atoms with Crippen molar-refractivity contribution in [1.29, 1.82) is 0 Å². The molecular formula is C30H31F3N2O4. The van der Waals surface area contributed by atoms with Crippen molar-refractivity contribution >= 4 is 11.6 Å². The lowest BCUT2D eigenvalue weighted by molar-refractivity contribution is -0.153. The molecular weight excluding hydrogens is 509 g/mol. The lowest BCUT2D eigenvalue weighted by Crippen LogP contribution is -2.47. The number of ether oxygens (including phenoxy) is 2. The summed E-state index contributed by atoms with van der Waals surface area (Å²) in [5, 5.41) is 0. The van der Waals surface area contributed by atoms with Crippen LogP contribution in [0.3, 0.4) is 0 Å². The predicted molar refractivity (Wildman–Crippen MR) is 139 cm³/mol. The number of furan rings is 1. The van der Waals surface area contributed by atoms with E-state index in [1.54, 1.807) is 0 Å². The SMILES string of the molecule is CC1(C)CC2(CN(Cc3ccc(C(F)(F)F)o3)c3ccccc32)c2ccc(OCCN3CCCC3=O)cc2O1. The van der Waals surface area contributed by atoms with Crippen LogP contribution < -0.4 is 14.4 Å². The molecule has 0 saturated carbocycles. The second kappa shape index (κ2) is 9.24. The van der Waals surface area contributed by atoms with Crippen molar-refractivity contribution in [3.05, 3.63) is 77.2 Å². The number of amides is 1. The first-order valence-corrected chi connectivity index (χ1v) is 13.3. The third kappa shape index (κ3) is 4.72. The van der Waals surface area contributed by atoms with Gasteiger partial charge in [0.1, 0.15) is 29.5 Å². The van der Waals surface area contributed by atoms with Crippen molar-refractivity contribution < 1.29 is 31.9 Å². The quantitative estimate of drug-likeness (QED) is 0.375. The predicted octanol–water partition coefficient (Wildman–Crippen LogP) is 6.17. The molecule has 1 aromatic heterocycles. The van der Waals surface area contributed by atoms with Crippen LogP contribution in [0, 0.1) is 0 Å². The highest BCUT2D eigenvalue weighted by molar-refractivity contribution is 5.78. The van der Waals surface area contributed by atoms with Gasteiger partial charge in [0.15, 0.2) is 0 Å². The maximum absolute atomic E-state index is 13.1. The van der Waals surface area contributed by atoms with Crippen LogP contribution in [-0.2, 0) is 22.9 Å². The average Bonchev–Trinajstić information content (AvgIpc) is 3.58. The zero-order valence-corrected chi connectivity index (χ0v) is 22.0. The van der Waals surface area contributed by atoms with E-state index in [1.165, 1.54) is 6.07 Å². The summed E-state index contributed by atoms with van der Waals surface area (Å²) in [5.41, 5.74) is 2.20. The minimum absolute atomic E-state index is 0.171. The van der Waals surface area contributed by atoms with E-state index in [0.29, 0.717) is 38.3 Å². The maximum Gasteiger partial charge on any atom is 0.449 e. The Labute approximate surface area is 225 Å². The highest BCUT2D eigenvalue weighted by atomic mass is 19.4. The molecule has 4 heterocycles. The molecule has 206 valence electrons. The van der Waals surface area contributed by atoms with Crippen LogP contribution in [0.1, 0.15) is 55.8 Å². The smallest absolute Gasteiger partial charge is 0.449 e. The Hall–Kier alpha value is -3.62. The van der Waals surface area contributed by atoms with Crippen molar-refractivity contribution in [3.63, 3.8) is 0 Å². The molecule has 1 unspecified atom stereocenters. The number of alkyl halides is 3. The summed E-state index contributed by atoms with van der Waals surface area (Å²) >= 11 is 0. The van der Waals surface area contributed by atoms with Gasteiger partial charge in [-0.05, 0) is 50.1 Å². The van der Waals surface area contributed by atoms with E-state index in [9.17, 15) is 18.0 Å². The molecule has 1 amide bonds. The van der Waals surface area contributed by atoms with Crippen molar-refractivity contribution in [2.24, 2.45) is 0 Å². The van der Waals surface area contributed by atoms with E-state index in [1.807, 2.05) is 41.3 Å². The Morgan fingerprint density at radius 2 is 1.85 bits per heavy atom. The van der Waals surface area contributed by atoms with Crippen LogP contribution >= 0.6 is 0 Å². The number of benzene rings is 2. The lowest BCUT2D eigenvalue weighted by atomic mass is 9.67. The molecule has 2 aromatic carbocycles. The van der Waals surface area contributed by atoms with Crippen LogP contribution in [0.25, 0.3) is 0 Å². The number of nitrogens with zero attached hydrogens (tertiary/aromatic N) is 2. The van der Waals surface area contributed by atoms with E-state index in [0.717, 1.165) is 41.6 Å². The fraction of sp³-hybridized carbons (Fsp3) is 0.433. The topological polar surface area (TPSA) is 55.2 Å². The number of carbonyl (C=O) groups excluding carboxylic acids is 1. The minimum Gasteiger partial charge on any atom is -0.492 e. The van der Waals surface area contributed by atoms with E-state index < -0.39 is 23.0 Å². The highest BCUT2D eigenvalue weighted by Crippen LogP contribution is 2.56. The van der Waals surface area contributed by atoms with Crippen molar-refractivity contribution in [1.82, 2.24) is 4.90 Å². The van der Waals surface area contributed by atoms with Gasteiger partial charge in [0.05, 0.1) is 13.1 Å². The molecule has 1 spiro atoms. The molecule has 3 aliphatic heterocycles. The number of carbonyl (C=O) groups is 1. The van der Waals surface area contributed by atoms with Gasteiger partial charge in [0.25, 0.3) is 0 Å². The van der Waals surface area contributed by atoms with Crippen molar-refractivity contribution in [3.8, 4) is 11.5 Å². The molecule has 0 aliphatic carbocycles. The number of likely N-dealkylation sites (tertiary alicyclic amines) is 1. The Bertz CT molecular complexity index is 1400. The number of halogens is 3. The third-order valence-corrected chi connectivity index (χ3v) is 7.89. The van der Waals surface area contributed by atoms with Crippen LogP contribution in [-0.4, -0.2) is 42.6 Å². The Kier molecular flexibility index (Phi) is 6.08. The van der Waals surface area contributed by atoms with Gasteiger partial charge in [-0.3, -0.25) is 4.79 Å². The molecule has 6 rings (SSSR count). The van der Waals surface area contributed by atoms with Gasteiger partial charge < -0.3 is 23.7 Å². The van der Waals surface area contributed by atoms with Crippen LogP contribution in [0.4, 0.5) is 18.9 Å². The average molecular weight is 541 g/mol. The van der Waals surface area contributed by atoms with Gasteiger partial charge >= 0.3 is 6.18 Å². The largest absolute Gasteiger partial charge is 0.492 e. The highest BCUT2D eigenvalue weighted by Gasteiger charge is 2.52. The number of hydrogen-bond acceptors (Lipinski definition) is 5. The van der Waals surface area contributed by atoms with Crippen molar-refractivity contribution in [2.45, 2.75) is 56.8 Å². The molecule has 9 heteroatoms. The first-order valence-electron chi connectivity index (χ1n) is 13.3. The number of hydrogen-bond donors (Lipinski definition) is 0. The van der Waals surface area contributed by atoms with E-state index in [-0.39, 0.29) is 18.2 Å². The molecule has 1 atom stereocenters. The summed E-state index contributed by atoms with van der Waals surface area (Å²) in [6.07, 6.45) is -2.32.